The number of hydrogen-bond donors (Lipinski definition) is 0. The maximum absolute atomic E-state index is 8.94. The molecule has 0 radical (unpaired) electrons. The summed E-state index contributed by atoms with van der Waals surface area (Å²) in [5.41, 5.74) is 3.58. The first-order valence-corrected chi connectivity index (χ1v) is 10.4. The molecule has 0 spiro atoms. The van der Waals surface area contributed by atoms with Crippen molar-refractivity contribution >= 4 is 0 Å². The molecule has 2 nitrogen and oxygen atoms in total. The van der Waals surface area contributed by atoms with Crippen LogP contribution in [0.4, 0.5) is 0 Å². The summed E-state index contributed by atoms with van der Waals surface area (Å²) < 4.78 is 5.93. The summed E-state index contributed by atoms with van der Waals surface area (Å²) in [4.78, 5) is 0. The fraction of sp³-hybridized carbons (Fsp3) is 0.480. The van der Waals surface area contributed by atoms with Crippen LogP contribution in [-0.4, -0.2) is 6.61 Å². The summed E-state index contributed by atoms with van der Waals surface area (Å²) in [6.07, 6.45) is 7.36. The summed E-state index contributed by atoms with van der Waals surface area (Å²) in [6.45, 7) is 5.29. The van der Waals surface area contributed by atoms with Gasteiger partial charge in [-0.2, -0.15) is 5.26 Å². The smallest absolute Gasteiger partial charge is 0.119 e. The molecule has 0 N–H and O–H groups in total. The Morgan fingerprint density at radius 3 is 1.93 bits per heavy atom. The van der Waals surface area contributed by atoms with Crippen molar-refractivity contribution in [3.63, 3.8) is 0 Å². The van der Waals surface area contributed by atoms with Gasteiger partial charge in [0.25, 0.3) is 0 Å². The highest BCUT2D eigenvalue weighted by Crippen LogP contribution is 2.40. The van der Waals surface area contributed by atoms with Gasteiger partial charge in [-0.25, -0.2) is 0 Å². The Balaban J connectivity index is 1.51. The first-order chi connectivity index (χ1) is 13.2. The van der Waals surface area contributed by atoms with Gasteiger partial charge in [0.15, 0.2) is 0 Å². The third kappa shape index (κ3) is 5.36. The van der Waals surface area contributed by atoms with E-state index in [0.29, 0.717) is 17.8 Å². The van der Waals surface area contributed by atoms with Crippen LogP contribution in [0.2, 0.25) is 0 Å². The van der Waals surface area contributed by atoms with Crippen LogP contribution >= 0.6 is 0 Å². The van der Waals surface area contributed by atoms with Crippen LogP contribution in [-0.2, 0) is 0 Å². The second-order valence-electron chi connectivity index (χ2n) is 8.06. The van der Waals surface area contributed by atoms with E-state index in [0.717, 1.165) is 17.9 Å². The molecule has 27 heavy (non-hydrogen) atoms. The van der Waals surface area contributed by atoms with Gasteiger partial charge in [0.05, 0.1) is 18.2 Å². The van der Waals surface area contributed by atoms with E-state index >= 15 is 0 Å². The van der Waals surface area contributed by atoms with Gasteiger partial charge in [-0.05, 0) is 85.3 Å². The number of rotatable bonds is 7. The Bertz CT molecular complexity index is 733. The molecule has 1 aliphatic rings. The van der Waals surface area contributed by atoms with Gasteiger partial charge in [-0.1, -0.05) is 44.5 Å². The number of ether oxygens (including phenoxy) is 1. The second kappa shape index (κ2) is 9.60. The van der Waals surface area contributed by atoms with Crippen molar-refractivity contribution in [2.75, 3.05) is 6.61 Å². The zero-order chi connectivity index (χ0) is 19.1. The quantitative estimate of drug-likeness (QED) is 0.542. The minimum atomic E-state index is 0.618. The minimum absolute atomic E-state index is 0.618. The fourth-order valence-electron chi connectivity index (χ4n) is 4.24. The normalized spacial score (nSPS) is 20.6. The first-order valence-electron chi connectivity index (χ1n) is 10.4. The topological polar surface area (TPSA) is 33.0 Å². The van der Waals surface area contributed by atoms with Crippen LogP contribution in [0.3, 0.4) is 0 Å². The summed E-state index contributed by atoms with van der Waals surface area (Å²) in [6, 6.07) is 19.2. The SMILES string of the molecule is CCCC(C)COc1ccc([C@H]2CC[C@H](c3ccc(C#N)cc3)CC2)cc1. The van der Waals surface area contributed by atoms with Gasteiger partial charge >= 0.3 is 0 Å². The molecule has 0 aromatic heterocycles. The lowest BCUT2D eigenvalue weighted by Crippen LogP contribution is -2.12. The molecule has 1 unspecified atom stereocenters. The summed E-state index contributed by atoms with van der Waals surface area (Å²) in [5, 5.41) is 8.94. The molecule has 1 saturated carbocycles. The molecular formula is C25H31NO. The Hall–Kier alpha value is -2.27. The van der Waals surface area contributed by atoms with Gasteiger partial charge in [0, 0.05) is 0 Å². The van der Waals surface area contributed by atoms with Crippen LogP contribution in [0.25, 0.3) is 0 Å². The van der Waals surface area contributed by atoms with E-state index in [1.807, 2.05) is 12.1 Å². The zero-order valence-corrected chi connectivity index (χ0v) is 16.7. The Kier molecular flexibility index (Phi) is 6.93. The van der Waals surface area contributed by atoms with Crippen LogP contribution in [0.5, 0.6) is 5.75 Å². The molecule has 142 valence electrons. The maximum Gasteiger partial charge on any atom is 0.119 e. The Labute approximate surface area is 164 Å². The summed E-state index contributed by atoms with van der Waals surface area (Å²) >= 11 is 0. The molecule has 1 aliphatic carbocycles. The van der Waals surface area contributed by atoms with E-state index in [1.165, 1.54) is 49.7 Å². The molecule has 0 aliphatic heterocycles. The molecule has 1 fully saturated rings. The second-order valence-corrected chi connectivity index (χ2v) is 8.06. The Morgan fingerprint density at radius 1 is 0.926 bits per heavy atom. The molecule has 0 amide bonds. The lowest BCUT2D eigenvalue weighted by molar-refractivity contribution is 0.251. The van der Waals surface area contributed by atoms with Crippen LogP contribution in [0, 0.1) is 17.2 Å². The van der Waals surface area contributed by atoms with E-state index < -0.39 is 0 Å². The van der Waals surface area contributed by atoms with E-state index in [2.05, 4.69) is 56.3 Å². The van der Waals surface area contributed by atoms with Crippen LogP contribution in [0.1, 0.15) is 80.9 Å². The number of nitrogens with zero attached hydrogens (tertiary/aromatic N) is 1. The van der Waals surface area contributed by atoms with E-state index in [1.54, 1.807) is 0 Å². The van der Waals surface area contributed by atoms with Crippen molar-refractivity contribution in [3.8, 4) is 11.8 Å². The summed E-state index contributed by atoms with van der Waals surface area (Å²) in [7, 11) is 0. The van der Waals surface area contributed by atoms with Crippen molar-refractivity contribution in [2.45, 2.75) is 64.2 Å². The summed E-state index contributed by atoms with van der Waals surface area (Å²) in [5.74, 6) is 2.91. The average molecular weight is 362 g/mol. The maximum atomic E-state index is 8.94. The van der Waals surface area contributed by atoms with Gasteiger partial charge in [-0.15, -0.1) is 0 Å². The highest BCUT2D eigenvalue weighted by atomic mass is 16.5. The number of nitriles is 1. The van der Waals surface area contributed by atoms with E-state index in [9.17, 15) is 0 Å². The van der Waals surface area contributed by atoms with Crippen molar-refractivity contribution in [1.82, 2.24) is 0 Å². The molecule has 2 aromatic carbocycles. The van der Waals surface area contributed by atoms with Crippen molar-refractivity contribution in [1.29, 1.82) is 5.26 Å². The molecule has 0 saturated heterocycles. The lowest BCUT2D eigenvalue weighted by Gasteiger charge is -2.29. The van der Waals surface area contributed by atoms with E-state index in [-0.39, 0.29) is 0 Å². The molecule has 2 heteroatoms. The number of benzene rings is 2. The highest BCUT2D eigenvalue weighted by molar-refractivity contribution is 5.34. The van der Waals surface area contributed by atoms with Gasteiger partial charge < -0.3 is 4.74 Å². The van der Waals surface area contributed by atoms with Gasteiger partial charge in [0.1, 0.15) is 5.75 Å². The third-order valence-electron chi connectivity index (χ3n) is 5.91. The first kappa shape index (κ1) is 19.5. The van der Waals surface area contributed by atoms with Crippen molar-refractivity contribution in [3.05, 3.63) is 65.2 Å². The lowest BCUT2D eigenvalue weighted by atomic mass is 9.76. The average Bonchev–Trinajstić information content (AvgIpc) is 2.73. The Morgan fingerprint density at radius 2 is 1.44 bits per heavy atom. The molecule has 1 atom stereocenters. The van der Waals surface area contributed by atoms with Crippen LogP contribution in [0.15, 0.2) is 48.5 Å². The third-order valence-corrected chi connectivity index (χ3v) is 5.91. The molecule has 0 heterocycles. The largest absolute Gasteiger partial charge is 0.493 e. The van der Waals surface area contributed by atoms with E-state index in [4.69, 9.17) is 10.00 Å². The molecular weight excluding hydrogens is 330 g/mol. The van der Waals surface area contributed by atoms with Crippen molar-refractivity contribution < 1.29 is 4.74 Å². The minimum Gasteiger partial charge on any atom is -0.493 e. The monoisotopic (exact) mass is 361 g/mol. The standard InChI is InChI=1S/C25H31NO/c1-3-4-19(2)18-27-25-15-13-24(14-16-25)23-11-9-22(10-12-23)21-7-5-20(17-26)6-8-21/h5-8,13-16,19,22-23H,3-4,9-12,18H2,1-2H3/t19?,22-,23-. The van der Waals surface area contributed by atoms with Gasteiger partial charge in [-0.3, -0.25) is 0 Å². The fourth-order valence-corrected chi connectivity index (χ4v) is 4.24. The highest BCUT2D eigenvalue weighted by Gasteiger charge is 2.23. The zero-order valence-electron chi connectivity index (χ0n) is 16.7. The predicted molar refractivity (Wildman–Crippen MR) is 111 cm³/mol. The number of hydrogen-bond acceptors (Lipinski definition) is 2. The predicted octanol–water partition coefficient (Wildman–Crippen LogP) is 6.81. The molecule has 3 rings (SSSR count). The van der Waals surface area contributed by atoms with Crippen LogP contribution < -0.4 is 4.74 Å². The van der Waals surface area contributed by atoms with Crippen molar-refractivity contribution in [2.24, 2.45) is 5.92 Å². The molecule has 2 aromatic rings. The molecule has 0 bridgehead atoms. The van der Waals surface area contributed by atoms with Gasteiger partial charge in [0.2, 0.25) is 0 Å².